The maximum Gasteiger partial charge on any atom is 0.344 e. The molecule has 1 atom stereocenters. The lowest BCUT2D eigenvalue weighted by molar-refractivity contribution is -0.140. The van der Waals surface area contributed by atoms with Crippen molar-refractivity contribution in [3.05, 3.63) is 41.1 Å². The van der Waals surface area contributed by atoms with Crippen LogP contribution in [-0.4, -0.2) is 46.0 Å². The van der Waals surface area contributed by atoms with E-state index in [1.165, 1.54) is 0 Å². The van der Waals surface area contributed by atoms with Crippen LogP contribution in [0, 0.1) is 5.92 Å². The van der Waals surface area contributed by atoms with E-state index in [9.17, 15) is 19.2 Å². The fraction of sp³-hybridized carbons (Fsp3) is 0.480. The van der Waals surface area contributed by atoms with Gasteiger partial charge >= 0.3 is 12.0 Å². The lowest BCUT2D eigenvalue weighted by Gasteiger charge is -2.30. The summed E-state index contributed by atoms with van der Waals surface area (Å²) in [7, 11) is 0. The molecule has 2 heterocycles. The zero-order valence-corrected chi connectivity index (χ0v) is 19.2. The summed E-state index contributed by atoms with van der Waals surface area (Å²) in [5.41, 5.74) is 4.29. The number of nitrogens with zero attached hydrogens (tertiary/aromatic N) is 2. The van der Waals surface area contributed by atoms with Crippen LogP contribution in [0.15, 0.2) is 24.3 Å². The summed E-state index contributed by atoms with van der Waals surface area (Å²) in [6, 6.07) is 6.73. The van der Waals surface area contributed by atoms with Crippen molar-refractivity contribution in [1.82, 2.24) is 20.7 Å². The molecule has 34 heavy (non-hydrogen) atoms. The van der Waals surface area contributed by atoms with Crippen LogP contribution in [0.5, 0.6) is 0 Å². The largest absolute Gasteiger partial charge is 0.452 e. The Hall–Kier alpha value is -3.49. The lowest BCUT2D eigenvalue weighted by Crippen LogP contribution is -2.51. The normalized spacial score (nSPS) is 21.3. The van der Waals surface area contributed by atoms with Gasteiger partial charge in [0.05, 0.1) is 11.1 Å². The van der Waals surface area contributed by atoms with Crippen LogP contribution in [-0.2, 0) is 27.2 Å². The van der Waals surface area contributed by atoms with Crippen LogP contribution in [0.25, 0.3) is 10.9 Å². The molecule has 1 saturated carbocycles. The average molecular weight is 465 g/mol. The maximum atomic E-state index is 13.2. The number of esters is 1. The first kappa shape index (κ1) is 22.3. The summed E-state index contributed by atoms with van der Waals surface area (Å²) >= 11 is 0. The minimum atomic E-state index is -0.939. The Morgan fingerprint density at radius 3 is 2.76 bits per heavy atom. The number of para-hydroxylation sites is 1. The van der Waals surface area contributed by atoms with E-state index in [2.05, 4.69) is 17.7 Å². The minimum absolute atomic E-state index is 0.414. The Morgan fingerprint density at radius 1 is 1.21 bits per heavy atom. The highest BCUT2D eigenvalue weighted by Gasteiger charge is 2.52. The van der Waals surface area contributed by atoms with Crippen LogP contribution in [0.4, 0.5) is 4.79 Å². The van der Waals surface area contributed by atoms with Crippen molar-refractivity contribution in [1.29, 1.82) is 0 Å². The third kappa shape index (κ3) is 3.89. The molecule has 1 saturated heterocycles. The molecule has 3 aliphatic rings. The number of pyridine rings is 1. The summed E-state index contributed by atoms with van der Waals surface area (Å²) in [6.45, 7) is 1.53. The number of imide groups is 1. The number of hydrazine groups is 1. The monoisotopic (exact) mass is 464 g/mol. The van der Waals surface area contributed by atoms with E-state index in [4.69, 9.17) is 9.72 Å². The number of hydrogen-bond donors (Lipinski definition) is 2. The maximum absolute atomic E-state index is 13.2. The first-order chi connectivity index (χ1) is 16.4. The van der Waals surface area contributed by atoms with Crippen LogP contribution >= 0.6 is 0 Å². The van der Waals surface area contributed by atoms with E-state index in [1.807, 2.05) is 24.3 Å². The van der Waals surface area contributed by atoms with Crippen molar-refractivity contribution in [2.24, 2.45) is 5.92 Å². The number of benzene rings is 1. The predicted molar refractivity (Wildman–Crippen MR) is 123 cm³/mol. The standard InChI is InChI=1S/C25H28N4O5/c1-15-9-10-19-17(13-15)21(16-7-3-4-8-18(16)26-19)22(31)34-14-20(30)28-29-23(32)25(27-24(29)33)11-5-2-6-12-25/h3-4,7-8,15H,2,5-6,9-14H2,1H3,(H,27,33)(H,28,30)/t15-/m0/s1. The van der Waals surface area contributed by atoms with Gasteiger partial charge in [-0.1, -0.05) is 44.4 Å². The smallest absolute Gasteiger partial charge is 0.344 e. The molecule has 0 radical (unpaired) electrons. The second-order valence-electron chi connectivity index (χ2n) is 9.60. The van der Waals surface area contributed by atoms with Gasteiger partial charge in [-0.05, 0) is 49.7 Å². The number of carbonyl (C=O) groups is 4. The summed E-state index contributed by atoms with van der Waals surface area (Å²) in [5, 5.41) is 4.14. The zero-order chi connectivity index (χ0) is 23.9. The molecule has 178 valence electrons. The molecule has 1 aromatic carbocycles. The van der Waals surface area contributed by atoms with Gasteiger partial charge in [0.15, 0.2) is 6.61 Å². The summed E-state index contributed by atoms with van der Waals surface area (Å²) in [5.74, 6) is -1.40. The van der Waals surface area contributed by atoms with E-state index in [-0.39, 0.29) is 0 Å². The topological polar surface area (TPSA) is 118 Å². The van der Waals surface area contributed by atoms with Gasteiger partial charge in [0, 0.05) is 11.1 Å². The summed E-state index contributed by atoms with van der Waals surface area (Å²) in [4.78, 5) is 55.6. The van der Waals surface area contributed by atoms with Crippen molar-refractivity contribution in [3.8, 4) is 0 Å². The third-order valence-electron chi connectivity index (χ3n) is 7.15. The number of nitrogens with one attached hydrogen (secondary N) is 2. The molecule has 1 aromatic heterocycles. The fourth-order valence-corrected chi connectivity index (χ4v) is 5.37. The number of ether oxygens (including phenoxy) is 1. The van der Waals surface area contributed by atoms with Gasteiger partial charge in [0.25, 0.3) is 11.8 Å². The highest BCUT2D eigenvalue weighted by atomic mass is 16.5. The third-order valence-corrected chi connectivity index (χ3v) is 7.15. The first-order valence-electron chi connectivity index (χ1n) is 11.9. The van der Waals surface area contributed by atoms with Gasteiger partial charge in [-0.3, -0.25) is 20.0 Å². The Labute approximate surface area is 197 Å². The number of carbonyl (C=O) groups excluding carboxylic acids is 4. The van der Waals surface area contributed by atoms with E-state index >= 15 is 0 Å². The Kier molecular flexibility index (Phi) is 5.71. The van der Waals surface area contributed by atoms with Crippen LogP contribution in [0.2, 0.25) is 0 Å². The van der Waals surface area contributed by atoms with E-state index in [0.717, 1.165) is 43.4 Å². The number of urea groups is 1. The van der Waals surface area contributed by atoms with E-state index in [1.54, 1.807) is 0 Å². The molecule has 5 rings (SSSR count). The Balaban J connectivity index is 1.30. The highest BCUT2D eigenvalue weighted by molar-refractivity contribution is 6.08. The van der Waals surface area contributed by atoms with Crippen LogP contribution in [0.1, 0.15) is 67.1 Å². The molecule has 1 aliphatic heterocycles. The fourth-order valence-electron chi connectivity index (χ4n) is 5.37. The van der Waals surface area contributed by atoms with Crippen LogP contribution < -0.4 is 10.7 Å². The van der Waals surface area contributed by atoms with Crippen molar-refractivity contribution >= 4 is 34.7 Å². The molecule has 2 fully saturated rings. The van der Waals surface area contributed by atoms with Crippen molar-refractivity contribution < 1.29 is 23.9 Å². The van der Waals surface area contributed by atoms with E-state index in [0.29, 0.717) is 46.7 Å². The predicted octanol–water partition coefficient (Wildman–Crippen LogP) is 2.80. The van der Waals surface area contributed by atoms with Gasteiger partial charge < -0.3 is 10.1 Å². The van der Waals surface area contributed by atoms with Gasteiger partial charge in [-0.15, -0.1) is 0 Å². The minimum Gasteiger partial charge on any atom is -0.452 e. The van der Waals surface area contributed by atoms with Crippen LogP contribution in [0.3, 0.4) is 0 Å². The van der Waals surface area contributed by atoms with Gasteiger partial charge in [-0.25, -0.2) is 9.59 Å². The average Bonchev–Trinajstić information content (AvgIpc) is 3.05. The number of amides is 4. The van der Waals surface area contributed by atoms with E-state index < -0.39 is 36.0 Å². The highest BCUT2D eigenvalue weighted by Crippen LogP contribution is 2.33. The second-order valence-corrected chi connectivity index (χ2v) is 9.60. The Morgan fingerprint density at radius 2 is 1.97 bits per heavy atom. The number of aromatic nitrogens is 1. The van der Waals surface area contributed by atoms with Crippen molar-refractivity contribution in [3.63, 3.8) is 0 Å². The molecule has 0 unspecified atom stereocenters. The summed E-state index contributed by atoms with van der Waals surface area (Å²) < 4.78 is 5.37. The number of hydrogen-bond acceptors (Lipinski definition) is 6. The SMILES string of the molecule is C[C@H]1CCc2nc3ccccc3c(C(=O)OCC(=O)NN3C(=O)NC4(CCCCC4)C3=O)c2C1. The first-order valence-corrected chi connectivity index (χ1v) is 11.9. The molecule has 0 bridgehead atoms. The second kappa shape index (κ2) is 8.70. The number of rotatable bonds is 4. The molecule has 2 aromatic rings. The summed E-state index contributed by atoms with van der Waals surface area (Å²) in [6.07, 6.45) is 6.31. The van der Waals surface area contributed by atoms with Gasteiger partial charge in [0.2, 0.25) is 0 Å². The zero-order valence-electron chi connectivity index (χ0n) is 19.2. The molecular formula is C25H28N4O5. The molecule has 4 amide bonds. The number of aryl methyl sites for hydroxylation is 1. The molecule has 9 heteroatoms. The molecule has 9 nitrogen and oxygen atoms in total. The molecule has 2 aliphatic carbocycles. The Bertz CT molecular complexity index is 1190. The van der Waals surface area contributed by atoms with Crippen molar-refractivity contribution in [2.75, 3.05) is 6.61 Å². The lowest BCUT2D eigenvalue weighted by atomic mass is 9.82. The van der Waals surface area contributed by atoms with Gasteiger partial charge in [-0.2, -0.15) is 5.01 Å². The quantitative estimate of drug-likeness (QED) is 0.531. The number of fused-ring (bicyclic) bond motifs is 2. The molecular weight excluding hydrogens is 436 g/mol. The molecule has 1 spiro atoms. The molecule has 2 N–H and O–H groups in total. The van der Waals surface area contributed by atoms with Crippen molar-refractivity contribution in [2.45, 2.75) is 63.8 Å². The van der Waals surface area contributed by atoms with Gasteiger partial charge in [0.1, 0.15) is 5.54 Å².